The summed E-state index contributed by atoms with van der Waals surface area (Å²) in [6, 6.07) is 5.74. The Labute approximate surface area is 148 Å². The molecule has 0 aliphatic rings. The van der Waals surface area contributed by atoms with Crippen molar-refractivity contribution in [1.29, 1.82) is 0 Å². The van der Waals surface area contributed by atoms with Crippen LogP contribution in [-0.2, 0) is 23.2 Å². The van der Waals surface area contributed by atoms with Gasteiger partial charge in [0.15, 0.2) is 0 Å². The van der Waals surface area contributed by atoms with Crippen molar-refractivity contribution >= 4 is 23.2 Å². The summed E-state index contributed by atoms with van der Waals surface area (Å²) < 4.78 is 1.77. The molecule has 0 saturated carbocycles. The molecule has 2 aromatic rings. The molecule has 0 saturated heterocycles. The molecule has 1 aromatic carbocycles. The van der Waals surface area contributed by atoms with Gasteiger partial charge >= 0.3 is 0 Å². The van der Waals surface area contributed by atoms with Crippen LogP contribution in [0.25, 0.3) is 0 Å². The molecule has 2 amide bonds. The topological polar surface area (TPSA) is 67.2 Å². The van der Waals surface area contributed by atoms with E-state index in [0.29, 0.717) is 6.54 Å². The van der Waals surface area contributed by atoms with E-state index in [1.165, 1.54) is 13.0 Å². The lowest BCUT2D eigenvalue weighted by Gasteiger charge is -2.23. The summed E-state index contributed by atoms with van der Waals surface area (Å²) in [5.74, 6) is -0.312. The zero-order valence-corrected chi connectivity index (χ0v) is 15.4. The van der Waals surface area contributed by atoms with Gasteiger partial charge < -0.3 is 10.2 Å². The third-order valence-corrected chi connectivity index (χ3v) is 3.99. The number of aryl methyl sites for hydroxylation is 4. The molecular weight excluding hydrogens is 316 g/mol. The molecule has 0 bridgehead atoms. The Morgan fingerprint density at radius 2 is 1.84 bits per heavy atom. The maximum atomic E-state index is 12.4. The van der Waals surface area contributed by atoms with Gasteiger partial charge in [-0.15, -0.1) is 0 Å². The first kappa shape index (κ1) is 18.4. The second kappa shape index (κ2) is 7.34. The summed E-state index contributed by atoms with van der Waals surface area (Å²) in [6.45, 7) is 11.2. The Morgan fingerprint density at radius 3 is 2.28 bits per heavy atom. The maximum Gasteiger partial charge on any atom is 0.250 e. The van der Waals surface area contributed by atoms with Gasteiger partial charge in [-0.05, 0) is 56.2 Å². The van der Waals surface area contributed by atoms with Gasteiger partial charge in [-0.3, -0.25) is 14.3 Å². The summed E-state index contributed by atoms with van der Waals surface area (Å²) in [6.07, 6.45) is 1.30. The predicted octanol–water partition coefficient (Wildman–Crippen LogP) is 3.02. The zero-order chi connectivity index (χ0) is 18.7. The third kappa shape index (κ3) is 4.15. The highest BCUT2D eigenvalue weighted by Gasteiger charge is 2.18. The Hall–Kier alpha value is -2.89. The predicted molar refractivity (Wildman–Crippen MR) is 99.6 cm³/mol. The van der Waals surface area contributed by atoms with Crippen LogP contribution in [0.5, 0.6) is 0 Å². The van der Waals surface area contributed by atoms with Crippen LogP contribution in [0, 0.1) is 20.8 Å². The lowest BCUT2D eigenvalue weighted by Crippen LogP contribution is -2.29. The van der Waals surface area contributed by atoms with E-state index >= 15 is 0 Å². The number of aromatic nitrogens is 2. The highest BCUT2D eigenvalue weighted by atomic mass is 16.2. The smallest absolute Gasteiger partial charge is 0.250 e. The van der Waals surface area contributed by atoms with E-state index in [1.807, 2.05) is 46.0 Å². The summed E-state index contributed by atoms with van der Waals surface area (Å²) >= 11 is 0. The van der Waals surface area contributed by atoms with Crippen molar-refractivity contribution in [2.75, 3.05) is 10.2 Å². The number of benzene rings is 1. The fourth-order valence-corrected chi connectivity index (χ4v) is 2.85. The molecule has 0 aliphatic heterocycles. The van der Waals surface area contributed by atoms with Gasteiger partial charge in [0.1, 0.15) is 0 Å². The van der Waals surface area contributed by atoms with E-state index in [0.717, 1.165) is 33.9 Å². The fourth-order valence-electron chi connectivity index (χ4n) is 2.85. The van der Waals surface area contributed by atoms with Crippen molar-refractivity contribution in [2.45, 2.75) is 34.2 Å². The quantitative estimate of drug-likeness (QED) is 0.851. The standard InChI is InChI=1S/C19H24N4O2/c1-7-18(25)23(11-17-10-14(4)21-22(17)6)16-8-12(2)19(13(3)9-16)20-15(5)24/h7-10H,1,11H2,2-6H3,(H,20,24). The average Bonchev–Trinajstić information content (AvgIpc) is 2.85. The van der Waals surface area contributed by atoms with Crippen LogP contribution < -0.4 is 10.2 Å². The summed E-state index contributed by atoms with van der Waals surface area (Å²) in [7, 11) is 1.86. The number of anilines is 2. The first-order chi connectivity index (χ1) is 11.7. The van der Waals surface area contributed by atoms with Crippen LogP contribution in [0.1, 0.15) is 29.4 Å². The van der Waals surface area contributed by atoms with Gasteiger partial charge in [0.25, 0.3) is 5.91 Å². The number of carbonyl (C=O) groups is 2. The number of amides is 2. The van der Waals surface area contributed by atoms with Crippen LogP contribution in [0.3, 0.4) is 0 Å². The minimum atomic E-state index is -0.190. The molecule has 0 unspecified atom stereocenters. The van der Waals surface area contributed by atoms with Crippen molar-refractivity contribution in [2.24, 2.45) is 7.05 Å². The van der Waals surface area contributed by atoms with Gasteiger partial charge in [-0.1, -0.05) is 6.58 Å². The molecule has 0 radical (unpaired) electrons. The second-order valence-corrected chi connectivity index (χ2v) is 6.16. The number of hydrogen-bond acceptors (Lipinski definition) is 3. The Morgan fingerprint density at radius 1 is 1.24 bits per heavy atom. The molecule has 0 atom stereocenters. The Balaban J connectivity index is 2.44. The molecular formula is C19H24N4O2. The van der Waals surface area contributed by atoms with Gasteiger partial charge in [-0.2, -0.15) is 5.10 Å². The van der Waals surface area contributed by atoms with E-state index in [-0.39, 0.29) is 11.8 Å². The molecule has 1 aromatic heterocycles. The van der Waals surface area contributed by atoms with Gasteiger partial charge in [-0.25, -0.2) is 0 Å². The first-order valence-corrected chi connectivity index (χ1v) is 8.05. The van der Waals surface area contributed by atoms with Crippen LogP contribution in [-0.4, -0.2) is 21.6 Å². The molecule has 1 N–H and O–H groups in total. The van der Waals surface area contributed by atoms with E-state index in [1.54, 1.807) is 9.58 Å². The molecule has 2 rings (SSSR count). The van der Waals surface area contributed by atoms with Crippen molar-refractivity contribution in [3.63, 3.8) is 0 Å². The minimum absolute atomic E-state index is 0.122. The van der Waals surface area contributed by atoms with E-state index < -0.39 is 0 Å². The molecule has 6 heteroatoms. The molecule has 0 aliphatic carbocycles. The SMILES string of the molecule is C=CC(=O)N(Cc1cc(C)nn1C)c1cc(C)c(NC(C)=O)c(C)c1. The minimum Gasteiger partial charge on any atom is -0.326 e. The number of hydrogen-bond donors (Lipinski definition) is 1. The van der Waals surface area contributed by atoms with E-state index in [2.05, 4.69) is 17.0 Å². The highest BCUT2D eigenvalue weighted by Crippen LogP contribution is 2.28. The largest absolute Gasteiger partial charge is 0.326 e. The van der Waals surface area contributed by atoms with Crippen molar-refractivity contribution in [1.82, 2.24) is 9.78 Å². The lowest BCUT2D eigenvalue weighted by molar-refractivity contribution is -0.115. The van der Waals surface area contributed by atoms with Crippen LogP contribution in [0.2, 0.25) is 0 Å². The Bertz CT molecular complexity index is 813. The summed E-state index contributed by atoms with van der Waals surface area (Å²) in [5.41, 5.74) is 5.15. The average molecular weight is 340 g/mol. The highest BCUT2D eigenvalue weighted by molar-refractivity contribution is 6.01. The molecule has 1 heterocycles. The number of nitrogens with one attached hydrogen (secondary N) is 1. The Kier molecular flexibility index (Phi) is 5.41. The van der Waals surface area contributed by atoms with Gasteiger partial charge in [0.2, 0.25) is 5.91 Å². The molecule has 6 nitrogen and oxygen atoms in total. The van der Waals surface area contributed by atoms with Crippen LogP contribution >= 0.6 is 0 Å². The fraction of sp³-hybridized carbons (Fsp3) is 0.316. The van der Waals surface area contributed by atoms with Gasteiger partial charge in [0, 0.05) is 25.3 Å². The summed E-state index contributed by atoms with van der Waals surface area (Å²) in [5, 5.41) is 7.17. The third-order valence-electron chi connectivity index (χ3n) is 3.99. The van der Waals surface area contributed by atoms with Crippen molar-refractivity contribution < 1.29 is 9.59 Å². The normalized spacial score (nSPS) is 10.4. The monoisotopic (exact) mass is 340 g/mol. The van der Waals surface area contributed by atoms with E-state index in [9.17, 15) is 9.59 Å². The first-order valence-electron chi connectivity index (χ1n) is 8.05. The lowest BCUT2D eigenvalue weighted by atomic mass is 10.1. The molecule has 132 valence electrons. The van der Waals surface area contributed by atoms with Crippen LogP contribution in [0.4, 0.5) is 11.4 Å². The summed E-state index contributed by atoms with van der Waals surface area (Å²) in [4.78, 5) is 25.5. The second-order valence-electron chi connectivity index (χ2n) is 6.16. The van der Waals surface area contributed by atoms with Gasteiger partial charge in [0.05, 0.1) is 17.9 Å². The molecule has 0 fully saturated rings. The van der Waals surface area contributed by atoms with Crippen molar-refractivity contribution in [3.8, 4) is 0 Å². The van der Waals surface area contributed by atoms with Crippen LogP contribution in [0.15, 0.2) is 30.9 Å². The molecule has 25 heavy (non-hydrogen) atoms. The van der Waals surface area contributed by atoms with E-state index in [4.69, 9.17) is 0 Å². The number of rotatable bonds is 5. The maximum absolute atomic E-state index is 12.4. The number of nitrogens with zero attached hydrogens (tertiary/aromatic N) is 3. The van der Waals surface area contributed by atoms with Crippen molar-refractivity contribution in [3.05, 3.63) is 53.4 Å². The number of carbonyl (C=O) groups excluding carboxylic acids is 2. The molecule has 0 spiro atoms. The zero-order valence-electron chi connectivity index (χ0n) is 15.4.